The molecule has 0 aliphatic rings. The van der Waals surface area contributed by atoms with Gasteiger partial charge in [0.05, 0.1) is 24.7 Å². The number of pyridine rings is 1. The molecule has 112 valence electrons. The van der Waals surface area contributed by atoms with Crippen molar-refractivity contribution in [3.8, 4) is 5.75 Å². The lowest BCUT2D eigenvalue weighted by Crippen LogP contribution is -2.22. The Labute approximate surface area is 125 Å². The van der Waals surface area contributed by atoms with Crippen LogP contribution in [0.25, 0.3) is 10.9 Å². The predicted octanol–water partition coefficient (Wildman–Crippen LogP) is 1.55. The Kier molecular flexibility index (Phi) is 4.62. The fourth-order valence-electron chi connectivity index (χ4n) is 2.00. The summed E-state index contributed by atoms with van der Waals surface area (Å²) in [5.74, 6) is -0.961. The number of carbonyl (C=O) groups is 1. The van der Waals surface area contributed by atoms with Crippen LogP contribution in [0.3, 0.4) is 0 Å². The van der Waals surface area contributed by atoms with Crippen molar-refractivity contribution in [3.63, 3.8) is 0 Å². The number of halogens is 1. The first-order valence-electron chi connectivity index (χ1n) is 6.14. The SMILES string of the molecule is COC(=O)CC(O)C(O)c1cc(Cl)c2cccnc2c1O. The Balaban J connectivity index is 2.42. The van der Waals surface area contributed by atoms with E-state index in [1.165, 1.54) is 19.4 Å². The van der Waals surface area contributed by atoms with Crippen LogP contribution < -0.4 is 0 Å². The topological polar surface area (TPSA) is 99.9 Å². The van der Waals surface area contributed by atoms with Gasteiger partial charge in [0.2, 0.25) is 0 Å². The van der Waals surface area contributed by atoms with Gasteiger partial charge in [-0.05, 0) is 18.2 Å². The summed E-state index contributed by atoms with van der Waals surface area (Å²) in [6.45, 7) is 0. The fraction of sp³-hybridized carbons (Fsp3) is 0.286. The number of aliphatic hydroxyl groups is 2. The Morgan fingerprint density at radius 2 is 2.19 bits per heavy atom. The minimum Gasteiger partial charge on any atom is -0.505 e. The van der Waals surface area contributed by atoms with E-state index in [-0.39, 0.29) is 21.9 Å². The number of aromatic hydroxyl groups is 1. The fourth-order valence-corrected chi connectivity index (χ4v) is 2.27. The van der Waals surface area contributed by atoms with Crippen molar-refractivity contribution in [2.45, 2.75) is 18.6 Å². The van der Waals surface area contributed by atoms with Gasteiger partial charge in [-0.2, -0.15) is 0 Å². The third-order valence-electron chi connectivity index (χ3n) is 3.13. The molecule has 0 fully saturated rings. The van der Waals surface area contributed by atoms with Gasteiger partial charge in [-0.25, -0.2) is 0 Å². The molecule has 21 heavy (non-hydrogen) atoms. The zero-order chi connectivity index (χ0) is 15.6. The molecular weight excluding hydrogens is 298 g/mol. The monoisotopic (exact) mass is 311 g/mol. The van der Waals surface area contributed by atoms with E-state index in [0.29, 0.717) is 5.39 Å². The summed E-state index contributed by atoms with van der Waals surface area (Å²) in [7, 11) is 1.18. The molecule has 6 nitrogen and oxygen atoms in total. The smallest absolute Gasteiger partial charge is 0.308 e. The van der Waals surface area contributed by atoms with Gasteiger partial charge in [0.25, 0.3) is 0 Å². The number of nitrogens with zero attached hydrogens (tertiary/aromatic N) is 1. The number of rotatable bonds is 4. The number of esters is 1. The standard InChI is InChI=1S/C14H14ClNO5/c1-21-11(18)6-10(17)13(19)8-5-9(15)7-3-2-4-16-12(7)14(8)20/h2-5,10,13,17,19-20H,6H2,1H3. The number of carbonyl (C=O) groups excluding carboxylic acids is 1. The molecule has 1 heterocycles. The predicted molar refractivity (Wildman–Crippen MR) is 76.0 cm³/mol. The molecule has 0 saturated heterocycles. The molecule has 7 heteroatoms. The van der Waals surface area contributed by atoms with Crippen LogP contribution in [0.5, 0.6) is 5.75 Å². The van der Waals surface area contributed by atoms with Gasteiger partial charge < -0.3 is 20.1 Å². The van der Waals surface area contributed by atoms with E-state index >= 15 is 0 Å². The van der Waals surface area contributed by atoms with Crippen LogP contribution in [0.2, 0.25) is 5.02 Å². The molecule has 0 spiro atoms. The number of hydrogen-bond donors (Lipinski definition) is 3. The summed E-state index contributed by atoms with van der Waals surface area (Å²) in [4.78, 5) is 15.1. The second kappa shape index (κ2) is 6.26. The first kappa shape index (κ1) is 15.5. The summed E-state index contributed by atoms with van der Waals surface area (Å²) in [6, 6.07) is 4.67. The summed E-state index contributed by atoms with van der Waals surface area (Å²) in [5.41, 5.74) is 0.215. The molecular formula is C14H14ClNO5. The lowest BCUT2D eigenvalue weighted by Gasteiger charge is -2.19. The minimum atomic E-state index is -1.49. The van der Waals surface area contributed by atoms with E-state index < -0.39 is 24.6 Å². The van der Waals surface area contributed by atoms with Crippen LogP contribution in [0.4, 0.5) is 0 Å². The Morgan fingerprint density at radius 3 is 2.86 bits per heavy atom. The molecule has 0 radical (unpaired) electrons. The Hall–Kier alpha value is -1.89. The summed E-state index contributed by atoms with van der Waals surface area (Å²) >= 11 is 6.08. The van der Waals surface area contributed by atoms with Gasteiger partial charge in [0.15, 0.2) is 0 Å². The van der Waals surface area contributed by atoms with Crippen LogP contribution >= 0.6 is 11.6 Å². The van der Waals surface area contributed by atoms with E-state index in [1.54, 1.807) is 12.1 Å². The average molecular weight is 312 g/mol. The zero-order valence-electron chi connectivity index (χ0n) is 11.2. The number of phenols is 1. The molecule has 0 amide bonds. The summed E-state index contributed by atoms with van der Waals surface area (Å²) in [6.07, 6.45) is -1.86. The van der Waals surface area contributed by atoms with Gasteiger partial charge in [-0.3, -0.25) is 9.78 Å². The zero-order valence-corrected chi connectivity index (χ0v) is 11.9. The van der Waals surface area contributed by atoms with Crippen LogP contribution in [0.15, 0.2) is 24.4 Å². The number of aromatic nitrogens is 1. The van der Waals surface area contributed by atoms with Crippen molar-refractivity contribution in [3.05, 3.63) is 35.0 Å². The van der Waals surface area contributed by atoms with E-state index in [9.17, 15) is 20.1 Å². The van der Waals surface area contributed by atoms with Crippen molar-refractivity contribution in [1.82, 2.24) is 4.98 Å². The lowest BCUT2D eigenvalue weighted by atomic mass is 9.99. The van der Waals surface area contributed by atoms with E-state index in [2.05, 4.69) is 9.72 Å². The van der Waals surface area contributed by atoms with Crippen molar-refractivity contribution in [1.29, 1.82) is 0 Å². The van der Waals surface area contributed by atoms with E-state index in [0.717, 1.165) is 0 Å². The van der Waals surface area contributed by atoms with Gasteiger partial charge in [-0.15, -0.1) is 0 Å². The summed E-state index contributed by atoms with van der Waals surface area (Å²) in [5, 5.41) is 30.9. The molecule has 0 bridgehead atoms. The molecule has 2 rings (SSSR count). The van der Waals surface area contributed by atoms with Gasteiger partial charge in [-0.1, -0.05) is 11.6 Å². The Bertz CT molecular complexity index is 676. The second-order valence-electron chi connectivity index (χ2n) is 4.49. The average Bonchev–Trinajstić information content (AvgIpc) is 2.50. The number of aliphatic hydroxyl groups excluding tert-OH is 2. The van der Waals surface area contributed by atoms with Crippen molar-refractivity contribution >= 4 is 28.5 Å². The second-order valence-corrected chi connectivity index (χ2v) is 4.90. The lowest BCUT2D eigenvalue weighted by molar-refractivity contribution is -0.144. The van der Waals surface area contributed by atoms with E-state index in [4.69, 9.17) is 11.6 Å². The molecule has 0 aliphatic heterocycles. The maximum atomic E-state index is 11.1. The number of fused-ring (bicyclic) bond motifs is 1. The molecule has 2 atom stereocenters. The first-order valence-corrected chi connectivity index (χ1v) is 6.52. The third kappa shape index (κ3) is 3.07. The molecule has 1 aromatic carbocycles. The number of ether oxygens (including phenoxy) is 1. The first-order chi connectivity index (χ1) is 9.95. The molecule has 2 unspecified atom stereocenters. The molecule has 2 aromatic rings. The normalized spacial score (nSPS) is 13.9. The third-order valence-corrected chi connectivity index (χ3v) is 3.44. The van der Waals surface area contributed by atoms with Gasteiger partial charge >= 0.3 is 5.97 Å². The maximum Gasteiger partial charge on any atom is 0.308 e. The number of benzene rings is 1. The molecule has 0 saturated carbocycles. The number of methoxy groups -OCH3 is 1. The number of hydrogen-bond acceptors (Lipinski definition) is 6. The molecule has 3 N–H and O–H groups in total. The highest BCUT2D eigenvalue weighted by atomic mass is 35.5. The van der Waals surface area contributed by atoms with Crippen molar-refractivity contribution in [2.75, 3.05) is 7.11 Å². The highest BCUT2D eigenvalue weighted by Crippen LogP contribution is 2.37. The quantitative estimate of drug-likeness (QED) is 0.741. The molecule has 1 aromatic heterocycles. The van der Waals surface area contributed by atoms with Crippen molar-refractivity contribution < 1.29 is 24.9 Å². The summed E-state index contributed by atoms with van der Waals surface area (Å²) < 4.78 is 4.42. The van der Waals surface area contributed by atoms with Crippen LogP contribution in [0.1, 0.15) is 18.1 Å². The van der Waals surface area contributed by atoms with Gasteiger partial charge in [0.1, 0.15) is 17.4 Å². The van der Waals surface area contributed by atoms with Gasteiger partial charge in [0, 0.05) is 17.1 Å². The minimum absolute atomic E-state index is 0.00241. The maximum absolute atomic E-state index is 11.1. The van der Waals surface area contributed by atoms with Crippen LogP contribution in [0, 0.1) is 0 Å². The van der Waals surface area contributed by atoms with Crippen molar-refractivity contribution in [2.24, 2.45) is 0 Å². The number of phenolic OH excluding ortho intramolecular Hbond substituents is 1. The van der Waals surface area contributed by atoms with Crippen LogP contribution in [-0.4, -0.2) is 39.5 Å². The molecule has 0 aliphatic carbocycles. The van der Waals surface area contributed by atoms with Crippen LogP contribution in [-0.2, 0) is 9.53 Å². The largest absolute Gasteiger partial charge is 0.505 e. The van der Waals surface area contributed by atoms with E-state index in [1.807, 2.05) is 0 Å². The highest BCUT2D eigenvalue weighted by molar-refractivity contribution is 6.35. The Morgan fingerprint density at radius 1 is 1.48 bits per heavy atom. The highest BCUT2D eigenvalue weighted by Gasteiger charge is 2.26.